The first-order valence-electron chi connectivity index (χ1n) is 8.13. The van der Waals surface area contributed by atoms with Crippen LogP contribution in [0.4, 0.5) is 24.5 Å². The van der Waals surface area contributed by atoms with Crippen LogP contribution in [-0.2, 0) is 9.59 Å². The third-order valence-electron chi connectivity index (χ3n) is 3.24. The third kappa shape index (κ3) is 7.47. The van der Waals surface area contributed by atoms with Crippen molar-refractivity contribution in [1.82, 2.24) is 4.98 Å². The third-order valence-corrected chi connectivity index (χ3v) is 4.36. The van der Waals surface area contributed by atoms with Gasteiger partial charge in [0, 0.05) is 23.6 Å². The number of rotatable bonds is 7. The van der Waals surface area contributed by atoms with Gasteiger partial charge in [-0.25, -0.2) is 4.98 Å². The zero-order valence-electron chi connectivity index (χ0n) is 15.0. The second-order valence-electron chi connectivity index (χ2n) is 5.74. The number of ether oxygens (including phenoxy) is 1. The van der Waals surface area contributed by atoms with Crippen molar-refractivity contribution in [2.24, 2.45) is 0 Å². The summed E-state index contributed by atoms with van der Waals surface area (Å²) in [7, 11) is 0. The largest absolute Gasteiger partial charge is 0.468 e. The molecule has 1 aromatic carbocycles. The number of benzene rings is 1. The molecule has 2 N–H and O–H groups in total. The highest BCUT2D eigenvalue weighted by Gasteiger charge is 2.28. The Labute approximate surface area is 163 Å². The Hall–Kier alpha value is -2.75. The lowest BCUT2D eigenvalue weighted by molar-refractivity contribution is -0.154. The van der Waals surface area contributed by atoms with Crippen LogP contribution in [-0.4, -0.2) is 34.8 Å². The fourth-order valence-electron chi connectivity index (χ4n) is 2.02. The highest BCUT2D eigenvalue weighted by Crippen LogP contribution is 2.26. The lowest BCUT2D eigenvalue weighted by Crippen LogP contribution is -2.22. The second kappa shape index (κ2) is 9.45. The van der Waals surface area contributed by atoms with Crippen molar-refractivity contribution in [3.8, 4) is 5.88 Å². The maximum atomic E-state index is 12.3. The monoisotopic (exact) mass is 413 g/mol. The molecule has 0 spiro atoms. The van der Waals surface area contributed by atoms with Gasteiger partial charge in [-0.2, -0.15) is 13.2 Å². The summed E-state index contributed by atoms with van der Waals surface area (Å²) in [5, 5.41) is 4.86. The van der Waals surface area contributed by atoms with E-state index in [1.807, 2.05) is 0 Å². The summed E-state index contributed by atoms with van der Waals surface area (Å²) in [6, 6.07) is 9.70. The van der Waals surface area contributed by atoms with Gasteiger partial charge in [0.15, 0.2) is 6.61 Å². The number of nitrogens with zero attached hydrogens (tertiary/aromatic N) is 1. The van der Waals surface area contributed by atoms with Crippen molar-refractivity contribution < 1.29 is 27.5 Å². The number of aromatic nitrogens is 1. The molecular weight excluding hydrogens is 395 g/mol. The molecule has 0 aliphatic carbocycles. The van der Waals surface area contributed by atoms with Crippen LogP contribution in [0.1, 0.15) is 13.8 Å². The van der Waals surface area contributed by atoms with Gasteiger partial charge in [0.1, 0.15) is 0 Å². The Balaban J connectivity index is 1.87. The average Bonchev–Trinajstić information content (AvgIpc) is 2.61. The zero-order chi connectivity index (χ0) is 20.7. The molecule has 1 aromatic heterocycles. The van der Waals surface area contributed by atoms with Crippen molar-refractivity contribution >= 4 is 35.0 Å². The van der Waals surface area contributed by atoms with Gasteiger partial charge in [0.05, 0.1) is 17.1 Å². The van der Waals surface area contributed by atoms with Crippen LogP contribution < -0.4 is 15.4 Å². The van der Waals surface area contributed by atoms with Crippen LogP contribution in [0.25, 0.3) is 0 Å². The normalized spacial score (nSPS) is 12.2. The van der Waals surface area contributed by atoms with E-state index < -0.39 is 18.0 Å². The van der Waals surface area contributed by atoms with Gasteiger partial charge in [-0.3, -0.25) is 9.59 Å². The molecule has 0 aliphatic rings. The summed E-state index contributed by atoms with van der Waals surface area (Å²) in [6.07, 6.45) is -3.22. The summed E-state index contributed by atoms with van der Waals surface area (Å²) >= 11 is 1.32. The van der Waals surface area contributed by atoms with Gasteiger partial charge < -0.3 is 15.4 Å². The topological polar surface area (TPSA) is 80.3 Å². The molecule has 0 fully saturated rings. The molecule has 1 heterocycles. The summed E-state index contributed by atoms with van der Waals surface area (Å²) < 4.78 is 40.8. The van der Waals surface area contributed by atoms with Crippen molar-refractivity contribution in [1.29, 1.82) is 0 Å². The maximum Gasteiger partial charge on any atom is 0.422 e. The number of hydrogen-bond donors (Lipinski definition) is 2. The molecule has 2 aromatic rings. The van der Waals surface area contributed by atoms with E-state index in [0.717, 1.165) is 4.90 Å². The lowest BCUT2D eigenvalue weighted by atomic mass is 10.3. The Morgan fingerprint density at radius 1 is 1.11 bits per heavy atom. The SMILES string of the molecule is CC(=O)Nc1ccc(SC(C)C(=O)Nc2ccc(OCC(F)(F)F)nc2)cc1. The standard InChI is InChI=1S/C18H18F3N3O3S/c1-11(28-15-6-3-13(4-7-15)23-12(2)25)17(26)24-14-5-8-16(22-9-14)27-10-18(19,20)21/h3-9,11H,10H2,1-2H3,(H,23,25)(H,24,26). The summed E-state index contributed by atoms with van der Waals surface area (Å²) in [6.45, 7) is 1.70. The van der Waals surface area contributed by atoms with Gasteiger partial charge in [-0.1, -0.05) is 0 Å². The van der Waals surface area contributed by atoms with E-state index in [9.17, 15) is 22.8 Å². The number of alkyl halides is 3. The Kier molecular flexibility index (Phi) is 7.27. The van der Waals surface area contributed by atoms with Crippen LogP contribution in [0.2, 0.25) is 0 Å². The number of carbonyl (C=O) groups is 2. The predicted molar refractivity (Wildman–Crippen MR) is 100 cm³/mol. The number of amides is 2. The van der Waals surface area contributed by atoms with Gasteiger partial charge in [-0.05, 0) is 37.3 Å². The number of hydrogen-bond acceptors (Lipinski definition) is 5. The Bertz CT molecular complexity index is 812. The fraction of sp³-hybridized carbons (Fsp3) is 0.278. The molecule has 28 heavy (non-hydrogen) atoms. The van der Waals surface area contributed by atoms with Gasteiger partial charge >= 0.3 is 6.18 Å². The number of carbonyl (C=O) groups excluding carboxylic acids is 2. The van der Waals surface area contributed by atoms with E-state index in [1.165, 1.54) is 37.0 Å². The molecule has 0 saturated carbocycles. The molecule has 2 rings (SSSR count). The first-order valence-corrected chi connectivity index (χ1v) is 9.01. The van der Waals surface area contributed by atoms with Gasteiger partial charge in [0.2, 0.25) is 17.7 Å². The summed E-state index contributed by atoms with van der Waals surface area (Å²) in [5.74, 6) is -0.643. The molecule has 0 saturated heterocycles. The van der Waals surface area contributed by atoms with Crippen LogP contribution in [0.3, 0.4) is 0 Å². The molecule has 0 bridgehead atoms. The average molecular weight is 413 g/mol. The van der Waals surface area contributed by atoms with E-state index >= 15 is 0 Å². The second-order valence-corrected chi connectivity index (χ2v) is 7.16. The van der Waals surface area contributed by atoms with E-state index in [-0.39, 0.29) is 17.7 Å². The van der Waals surface area contributed by atoms with E-state index in [0.29, 0.717) is 11.4 Å². The van der Waals surface area contributed by atoms with Crippen molar-refractivity contribution in [3.05, 3.63) is 42.6 Å². The molecule has 150 valence electrons. The smallest absolute Gasteiger partial charge is 0.422 e. The van der Waals surface area contributed by atoms with Crippen LogP contribution in [0.5, 0.6) is 5.88 Å². The van der Waals surface area contributed by atoms with Crippen molar-refractivity contribution in [2.75, 3.05) is 17.2 Å². The molecule has 1 atom stereocenters. The first kappa shape index (κ1) is 21.5. The minimum atomic E-state index is -4.44. The van der Waals surface area contributed by atoms with Gasteiger partial charge in [-0.15, -0.1) is 11.8 Å². The minimum Gasteiger partial charge on any atom is -0.468 e. The molecule has 0 radical (unpaired) electrons. The number of nitrogens with one attached hydrogen (secondary N) is 2. The molecule has 6 nitrogen and oxygen atoms in total. The minimum absolute atomic E-state index is 0.170. The molecule has 2 amide bonds. The van der Waals surface area contributed by atoms with Gasteiger partial charge in [0.25, 0.3) is 0 Å². The molecule has 0 aliphatic heterocycles. The van der Waals surface area contributed by atoms with Crippen molar-refractivity contribution in [2.45, 2.75) is 30.2 Å². The Morgan fingerprint density at radius 3 is 2.29 bits per heavy atom. The number of anilines is 2. The highest BCUT2D eigenvalue weighted by atomic mass is 32.2. The number of halogens is 3. The molecular formula is C18H18F3N3O3S. The van der Waals surface area contributed by atoms with Crippen LogP contribution in [0.15, 0.2) is 47.5 Å². The lowest BCUT2D eigenvalue weighted by Gasteiger charge is -2.13. The van der Waals surface area contributed by atoms with Crippen LogP contribution in [0, 0.1) is 0 Å². The molecule has 1 unspecified atom stereocenters. The summed E-state index contributed by atoms with van der Waals surface area (Å²) in [4.78, 5) is 27.9. The zero-order valence-corrected chi connectivity index (χ0v) is 15.9. The predicted octanol–water partition coefficient (Wildman–Crippen LogP) is 4.10. The quantitative estimate of drug-likeness (QED) is 0.668. The van der Waals surface area contributed by atoms with Crippen molar-refractivity contribution in [3.63, 3.8) is 0 Å². The van der Waals surface area contributed by atoms with E-state index in [1.54, 1.807) is 31.2 Å². The molecule has 10 heteroatoms. The summed E-state index contributed by atoms with van der Waals surface area (Å²) in [5.41, 5.74) is 1.01. The first-order chi connectivity index (χ1) is 13.1. The number of pyridine rings is 1. The highest BCUT2D eigenvalue weighted by molar-refractivity contribution is 8.00. The Morgan fingerprint density at radius 2 is 1.75 bits per heavy atom. The maximum absolute atomic E-state index is 12.3. The van der Waals surface area contributed by atoms with Crippen LogP contribution >= 0.6 is 11.8 Å². The van der Waals surface area contributed by atoms with E-state index in [2.05, 4.69) is 20.4 Å². The van der Waals surface area contributed by atoms with E-state index in [4.69, 9.17) is 0 Å². The fourth-order valence-corrected chi connectivity index (χ4v) is 2.88. The number of thioether (sulfide) groups is 1.